The van der Waals surface area contributed by atoms with Gasteiger partial charge in [-0.1, -0.05) is 23.8 Å². The molecule has 0 saturated carbocycles. The van der Waals surface area contributed by atoms with E-state index in [-0.39, 0.29) is 31.2 Å². The number of nitrogens with zero attached hydrogens (tertiary/aromatic N) is 3. The molecule has 2 aliphatic heterocycles. The molecule has 33 heavy (non-hydrogen) atoms. The molecule has 1 fully saturated rings. The number of hydrogen-bond donors (Lipinski definition) is 1. The summed E-state index contributed by atoms with van der Waals surface area (Å²) in [5.74, 6) is 1.36. The number of ether oxygens (including phenoxy) is 2. The summed E-state index contributed by atoms with van der Waals surface area (Å²) in [5.41, 5.74) is 3.05. The van der Waals surface area contributed by atoms with Gasteiger partial charge in [0.1, 0.15) is 0 Å². The van der Waals surface area contributed by atoms with Gasteiger partial charge in [0.25, 0.3) is 0 Å². The second-order valence-electron chi connectivity index (χ2n) is 8.78. The standard InChI is InChI=1S/C25H32N4O4/c1-18-4-7-21(8-5-18)26-24(30)16-27(3)25(31)19(2)29-12-10-28(11-13-29)15-20-6-9-22-23(14-20)33-17-32-22/h4-9,14,19H,10-13,15-17H2,1-3H3,(H,26,30). The maximum Gasteiger partial charge on any atom is 0.243 e. The van der Waals surface area contributed by atoms with Crippen LogP contribution in [0, 0.1) is 6.92 Å². The number of benzene rings is 2. The van der Waals surface area contributed by atoms with Crippen LogP contribution in [-0.2, 0) is 16.1 Å². The molecule has 8 heteroatoms. The Morgan fingerprint density at radius 1 is 1.03 bits per heavy atom. The number of carbonyl (C=O) groups is 2. The number of nitrogens with one attached hydrogen (secondary N) is 1. The van der Waals surface area contributed by atoms with Crippen molar-refractivity contribution in [3.8, 4) is 11.5 Å². The number of aryl methyl sites for hydroxylation is 1. The molecule has 2 aromatic carbocycles. The van der Waals surface area contributed by atoms with Crippen LogP contribution in [-0.4, -0.2) is 79.1 Å². The minimum atomic E-state index is -0.269. The molecule has 1 N–H and O–H groups in total. The first-order valence-corrected chi connectivity index (χ1v) is 11.4. The molecular formula is C25H32N4O4. The van der Waals surface area contributed by atoms with Crippen LogP contribution in [0.15, 0.2) is 42.5 Å². The van der Waals surface area contributed by atoms with Crippen molar-refractivity contribution in [1.82, 2.24) is 14.7 Å². The molecule has 4 rings (SSSR count). The van der Waals surface area contributed by atoms with Crippen molar-refractivity contribution in [2.24, 2.45) is 0 Å². The maximum absolute atomic E-state index is 12.9. The van der Waals surface area contributed by atoms with Gasteiger partial charge in [0, 0.05) is 45.5 Å². The highest BCUT2D eigenvalue weighted by Gasteiger charge is 2.28. The lowest BCUT2D eigenvalue weighted by Gasteiger charge is -2.38. The predicted octanol–water partition coefficient (Wildman–Crippen LogP) is 2.33. The predicted molar refractivity (Wildman–Crippen MR) is 126 cm³/mol. The Labute approximate surface area is 195 Å². The van der Waals surface area contributed by atoms with Gasteiger partial charge in [-0.25, -0.2) is 0 Å². The summed E-state index contributed by atoms with van der Waals surface area (Å²) in [6.45, 7) is 8.44. The molecular weight excluding hydrogens is 420 g/mol. The number of anilines is 1. The Balaban J connectivity index is 1.22. The normalized spacial score (nSPS) is 16.9. The van der Waals surface area contributed by atoms with Gasteiger partial charge in [-0.3, -0.25) is 19.4 Å². The lowest BCUT2D eigenvalue weighted by Crippen LogP contribution is -2.54. The highest BCUT2D eigenvalue weighted by atomic mass is 16.7. The number of hydrogen-bond acceptors (Lipinski definition) is 6. The fraction of sp³-hybridized carbons (Fsp3) is 0.440. The molecule has 2 amide bonds. The number of amides is 2. The molecule has 1 saturated heterocycles. The van der Waals surface area contributed by atoms with Crippen LogP contribution in [0.1, 0.15) is 18.1 Å². The van der Waals surface area contributed by atoms with E-state index in [4.69, 9.17) is 9.47 Å². The maximum atomic E-state index is 12.9. The molecule has 0 aromatic heterocycles. The van der Waals surface area contributed by atoms with Crippen molar-refractivity contribution >= 4 is 17.5 Å². The van der Waals surface area contributed by atoms with Gasteiger partial charge >= 0.3 is 0 Å². The first-order chi connectivity index (χ1) is 15.9. The van der Waals surface area contributed by atoms with Gasteiger partial charge in [-0.2, -0.15) is 0 Å². The van der Waals surface area contributed by atoms with Crippen molar-refractivity contribution in [3.05, 3.63) is 53.6 Å². The average Bonchev–Trinajstić information content (AvgIpc) is 3.28. The zero-order valence-electron chi connectivity index (χ0n) is 19.5. The smallest absolute Gasteiger partial charge is 0.243 e. The first-order valence-electron chi connectivity index (χ1n) is 11.4. The van der Waals surface area contributed by atoms with Crippen molar-refractivity contribution in [1.29, 1.82) is 0 Å². The van der Waals surface area contributed by atoms with Crippen LogP contribution in [0.3, 0.4) is 0 Å². The molecule has 0 radical (unpaired) electrons. The topological polar surface area (TPSA) is 74.4 Å². The van der Waals surface area contributed by atoms with Gasteiger partial charge in [0.2, 0.25) is 18.6 Å². The Bertz CT molecular complexity index is 986. The minimum Gasteiger partial charge on any atom is -0.454 e. The van der Waals surface area contributed by atoms with Crippen LogP contribution in [0.2, 0.25) is 0 Å². The van der Waals surface area contributed by atoms with Crippen LogP contribution in [0.25, 0.3) is 0 Å². The van der Waals surface area contributed by atoms with E-state index in [0.29, 0.717) is 0 Å². The van der Waals surface area contributed by atoms with Gasteiger partial charge in [0.05, 0.1) is 12.6 Å². The van der Waals surface area contributed by atoms with E-state index in [9.17, 15) is 9.59 Å². The largest absolute Gasteiger partial charge is 0.454 e. The van der Waals surface area contributed by atoms with E-state index in [2.05, 4.69) is 21.2 Å². The van der Waals surface area contributed by atoms with E-state index in [1.165, 1.54) is 10.5 Å². The highest BCUT2D eigenvalue weighted by molar-refractivity contribution is 5.95. The summed E-state index contributed by atoms with van der Waals surface area (Å²) in [7, 11) is 1.68. The van der Waals surface area contributed by atoms with E-state index in [0.717, 1.165) is 55.5 Å². The summed E-state index contributed by atoms with van der Waals surface area (Å²) >= 11 is 0. The first kappa shape index (κ1) is 23.1. The monoisotopic (exact) mass is 452 g/mol. The second kappa shape index (κ2) is 10.2. The third kappa shape index (κ3) is 5.83. The molecule has 176 valence electrons. The average molecular weight is 453 g/mol. The lowest BCUT2D eigenvalue weighted by molar-refractivity contribution is -0.138. The Morgan fingerprint density at radius 3 is 2.45 bits per heavy atom. The Kier molecular flexibility index (Phi) is 7.15. The van der Waals surface area contributed by atoms with Crippen LogP contribution >= 0.6 is 0 Å². The fourth-order valence-electron chi connectivity index (χ4n) is 4.21. The van der Waals surface area contributed by atoms with Gasteiger partial charge in [-0.05, 0) is 43.7 Å². The molecule has 2 aliphatic rings. The molecule has 8 nitrogen and oxygen atoms in total. The third-order valence-corrected chi connectivity index (χ3v) is 6.25. The molecule has 1 atom stereocenters. The van der Waals surface area contributed by atoms with E-state index >= 15 is 0 Å². The molecule has 2 aromatic rings. The zero-order chi connectivity index (χ0) is 23.4. The van der Waals surface area contributed by atoms with E-state index < -0.39 is 0 Å². The second-order valence-corrected chi connectivity index (χ2v) is 8.78. The minimum absolute atomic E-state index is 0.0289. The van der Waals surface area contributed by atoms with E-state index in [1.54, 1.807) is 7.05 Å². The highest BCUT2D eigenvalue weighted by Crippen LogP contribution is 2.32. The molecule has 0 bridgehead atoms. The molecule has 1 unspecified atom stereocenters. The van der Waals surface area contributed by atoms with Crippen molar-refractivity contribution in [2.45, 2.75) is 26.4 Å². The number of piperazine rings is 1. The Hall–Kier alpha value is -3.10. The summed E-state index contributed by atoms with van der Waals surface area (Å²) in [6.07, 6.45) is 0. The fourth-order valence-corrected chi connectivity index (χ4v) is 4.21. The van der Waals surface area contributed by atoms with Gasteiger partial charge in [-0.15, -0.1) is 0 Å². The SMILES string of the molecule is Cc1ccc(NC(=O)CN(C)C(=O)C(C)N2CCN(Cc3ccc4c(c3)OCO4)CC2)cc1. The summed E-state index contributed by atoms with van der Waals surface area (Å²) < 4.78 is 10.9. The number of carbonyl (C=O) groups excluding carboxylic acids is 2. The number of fused-ring (bicyclic) bond motifs is 1. The summed E-state index contributed by atoms with van der Waals surface area (Å²) in [6, 6.07) is 13.4. The molecule has 0 aliphatic carbocycles. The Morgan fingerprint density at radius 2 is 1.73 bits per heavy atom. The van der Waals surface area contributed by atoms with Crippen LogP contribution in [0.5, 0.6) is 11.5 Å². The van der Waals surface area contributed by atoms with Crippen LogP contribution < -0.4 is 14.8 Å². The van der Waals surface area contributed by atoms with Crippen molar-refractivity contribution < 1.29 is 19.1 Å². The van der Waals surface area contributed by atoms with Gasteiger partial charge in [0.15, 0.2) is 11.5 Å². The third-order valence-electron chi connectivity index (χ3n) is 6.25. The number of likely N-dealkylation sites (N-methyl/N-ethyl adjacent to an activating group) is 1. The lowest BCUT2D eigenvalue weighted by atomic mass is 10.1. The summed E-state index contributed by atoms with van der Waals surface area (Å²) in [5, 5.41) is 2.85. The summed E-state index contributed by atoms with van der Waals surface area (Å²) in [4.78, 5) is 31.4. The molecule has 0 spiro atoms. The quantitative estimate of drug-likeness (QED) is 0.695. The molecule has 2 heterocycles. The van der Waals surface area contributed by atoms with Crippen molar-refractivity contribution in [2.75, 3.05) is 51.9 Å². The number of rotatable bonds is 7. The van der Waals surface area contributed by atoms with Crippen LogP contribution in [0.4, 0.5) is 5.69 Å². The van der Waals surface area contributed by atoms with E-state index in [1.807, 2.05) is 50.2 Å². The van der Waals surface area contributed by atoms with Crippen molar-refractivity contribution in [3.63, 3.8) is 0 Å². The zero-order valence-corrected chi connectivity index (χ0v) is 19.5. The van der Waals surface area contributed by atoms with Gasteiger partial charge < -0.3 is 19.7 Å².